The van der Waals surface area contributed by atoms with Gasteiger partial charge in [0.25, 0.3) is 0 Å². The molecule has 150 valence electrons. The molecule has 0 saturated carbocycles. The molecule has 1 aliphatic rings. The van der Waals surface area contributed by atoms with Crippen LogP contribution in [-0.2, 0) is 10.0 Å². The van der Waals surface area contributed by atoms with Gasteiger partial charge in [0.15, 0.2) is 0 Å². The number of pyridine rings is 1. The number of nitrogens with zero attached hydrogens (tertiary/aromatic N) is 1. The van der Waals surface area contributed by atoms with E-state index in [2.05, 4.69) is 20.3 Å². The molecule has 2 amide bonds. The molecule has 1 unspecified atom stereocenters. The maximum Gasteiger partial charge on any atom is 0.320 e. The SMILES string of the molecule is C[C@H](NS(C)(=O)=O)c1cccc(NC(=O)NC2CCOc3c(Cl)cccc32)n1. The number of halogens is 1. The molecule has 0 aliphatic carbocycles. The standard InChI is InChI=1S/C18H21ClN4O4S/c1-11(23-28(2,25)26)14-7-4-8-16(20-14)22-18(24)21-15-9-10-27-17-12(15)5-3-6-13(17)19/h3-8,11,15,23H,9-10H2,1-2H3,(H2,20,21,22,24)/t11-,15?/m0/s1. The number of urea groups is 1. The first-order valence-corrected chi connectivity index (χ1v) is 10.9. The maximum absolute atomic E-state index is 12.4. The maximum atomic E-state index is 12.4. The van der Waals surface area contributed by atoms with E-state index in [1.54, 1.807) is 31.2 Å². The summed E-state index contributed by atoms with van der Waals surface area (Å²) in [7, 11) is -3.37. The first-order chi connectivity index (χ1) is 13.2. The van der Waals surface area contributed by atoms with Gasteiger partial charge in [-0.25, -0.2) is 22.9 Å². The summed E-state index contributed by atoms with van der Waals surface area (Å²) < 4.78 is 30.8. The van der Waals surface area contributed by atoms with Gasteiger partial charge in [0, 0.05) is 12.0 Å². The van der Waals surface area contributed by atoms with E-state index in [4.69, 9.17) is 16.3 Å². The fourth-order valence-electron chi connectivity index (χ4n) is 2.99. The zero-order valence-electron chi connectivity index (χ0n) is 15.4. The summed E-state index contributed by atoms with van der Waals surface area (Å²) in [6.07, 6.45) is 1.70. The molecule has 0 fully saturated rings. The highest BCUT2D eigenvalue weighted by Crippen LogP contribution is 2.37. The van der Waals surface area contributed by atoms with Crippen LogP contribution in [0.2, 0.25) is 5.02 Å². The molecule has 28 heavy (non-hydrogen) atoms. The summed E-state index contributed by atoms with van der Waals surface area (Å²) in [6.45, 7) is 2.13. The Bertz CT molecular complexity index is 983. The summed E-state index contributed by atoms with van der Waals surface area (Å²) in [5, 5.41) is 6.08. The van der Waals surface area contributed by atoms with Crippen molar-refractivity contribution in [3.63, 3.8) is 0 Å². The molecule has 1 aromatic carbocycles. The molecule has 10 heteroatoms. The number of sulfonamides is 1. The number of benzene rings is 1. The number of hydrogen-bond acceptors (Lipinski definition) is 5. The van der Waals surface area contributed by atoms with E-state index in [1.165, 1.54) is 0 Å². The van der Waals surface area contributed by atoms with E-state index in [1.807, 2.05) is 12.1 Å². The second-order valence-corrected chi connectivity index (χ2v) is 8.69. The Kier molecular flexibility index (Phi) is 6.07. The van der Waals surface area contributed by atoms with Crippen molar-refractivity contribution >= 4 is 33.5 Å². The Morgan fingerprint density at radius 2 is 2.04 bits per heavy atom. The normalized spacial score (nSPS) is 17.2. The molecule has 0 spiro atoms. The van der Waals surface area contributed by atoms with Crippen LogP contribution in [0.3, 0.4) is 0 Å². The lowest BCUT2D eigenvalue weighted by Crippen LogP contribution is -2.35. The third kappa shape index (κ3) is 5.12. The predicted molar refractivity (Wildman–Crippen MR) is 107 cm³/mol. The summed E-state index contributed by atoms with van der Waals surface area (Å²) in [4.78, 5) is 16.7. The lowest BCUT2D eigenvalue weighted by Gasteiger charge is -2.27. The number of nitrogens with one attached hydrogen (secondary N) is 3. The van der Waals surface area contributed by atoms with Crippen LogP contribution in [0.15, 0.2) is 36.4 Å². The van der Waals surface area contributed by atoms with E-state index in [0.717, 1.165) is 11.8 Å². The number of para-hydroxylation sites is 1. The van der Waals surface area contributed by atoms with E-state index in [0.29, 0.717) is 35.3 Å². The second kappa shape index (κ2) is 8.34. The third-order valence-corrected chi connectivity index (χ3v) is 5.26. The van der Waals surface area contributed by atoms with E-state index in [9.17, 15) is 13.2 Å². The predicted octanol–water partition coefficient (Wildman–Crippen LogP) is 2.99. The fourth-order valence-corrected chi connectivity index (χ4v) is 3.99. The number of rotatable bonds is 5. The highest BCUT2D eigenvalue weighted by Gasteiger charge is 2.25. The van der Waals surface area contributed by atoms with Crippen molar-refractivity contribution in [1.29, 1.82) is 0 Å². The molecule has 8 nitrogen and oxygen atoms in total. The number of fused-ring (bicyclic) bond motifs is 1. The molecule has 3 rings (SSSR count). The van der Waals surface area contributed by atoms with Crippen molar-refractivity contribution in [2.45, 2.75) is 25.4 Å². The van der Waals surface area contributed by atoms with Gasteiger partial charge in [0.2, 0.25) is 10.0 Å². The molecule has 0 saturated heterocycles. The zero-order valence-corrected chi connectivity index (χ0v) is 17.0. The van der Waals surface area contributed by atoms with Crippen LogP contribution in [0.5, 0.6) is 5.75 Å². The van der Waals surface area contributed by atoms with Gasteiger partial charge in [0.05, 0.1) is 35.7 Å². The van der Waals surface area contributed by atoms with Crippen molar-refractivity contribution in [2.75, 3.05) is 18.2 Å². The van der Waals surface area contributed by atoms with Crippen LogP contribution in [0.25, 0.3) is 0 Å². The molecule has 2 aromatic rings. The lowest BCUT2D eigenvalue weighted by atomic mass is 10.0. The van der Waals surface area contributed by atoms with Crippen LogP contribution in [0, 0.1) is 0 Å². The minimum atomic E-state index is -3.37. The van der Waals surface area contributed by atoms with Crippen LogP contribution < -0.4 is 20.1 Å². The van der Waals surface area contributed by atoms with Gasteiger partial charge < -0.3 is 10.1 Å². The number of amides is 2. The molecule has 1 aromatic heterocycles. The van der Waals surface area contributed by atoms with Gasteiger partial charge in [-0.1, -0.05) is 29.8 Å². The van der Waals surface area contributed by atoms with Gasteiger partial charge in [0.1, 0.15) is 11.6 Å². The number of carbonyl (C=O) groups is 1. The Morgan fingerprint density at radius 1 is 1.29 bits per heavy atom. The number of anilines is 1. The lowest BCUT2D eigenvalue weighted by molar-refractivity contribution is 0.232. The molecular formula is C18H21ClN4O4S. The van der Waals surface area contributed by atoms with E-state index >= 15 is 0 Å². The van der Waals surface area contributed by atoms with E-state index < -0.39 is 22.1 Å². The van der Waals surface area contributed by atoms with Crippen molar-refractivity contribution in [1.82, 2.24) is 15.0 Å². The molecule has 2 atom stereocenters. The Morgan fingerprint density at radius 3 is 2.79 bits per heavy atom. The summed E-state index contributed by atoms with van der Waals surface area (Å²) in [6, 6.07) is 9.23. The molecule has 1 aliphatic heterocycles. The van der Waals surface area contributed by atoms with Crippen molar-refractivity contribution < 1.29 is 17.9 Å². The highest BCUT2D eigenvalue weighted by atomic mass is 35.5. The monoisotopic (exact) mass is 424 g/mol. The molecule has 2 heterocycles. The largest absolute Gasteiger partial charge is 0.492 e. The van der Waals surface area contributed by atoms with Gasteiger partial charge in [-0.2, -0.15) is 0 Å². The summed E-state index contributed by atoms with van der Waals surface area (Å²) >= 11 is 6.15. The van der Waals surface area contributed by atoms with Crippen LogP contribution in [0.4, 0.5) is 10.6 Å². The van der Waals surface area contributed by atoms with Crippen molar-refractivity contribution in [3.8, 4) is 5.75 Å². The average molecular weight is 425 g/mol. The molecular weight excluding hydrogens is 404 g/mol. The summed E-state index contributed by atoms with van der Waals surface area (Å²) in [5.41, 5.74) is 1.31. The first kappa shape index (κ1) is 20.4. The van der Waals surface area contributed by atoms with Gasteiger partial charge in [-0.15, -0.1) is 0 Å². The Balaban J connectivity index is 1.68. The van der Waals surface area contributed by atoms with Crippen LogP contribution in [0.1, 0.15) is 36.7 Å². The first-order valence-electron chi connectivity index (χ1n) is 8.66. The number of carbonyl (C=O) groups excluding carboxylic acids is 1. The average Bonchev–Trinajstić information content (AvgIpc) is 2.61. The second-order valence-electron chi connectivity index (χ2n) is 6.51. The van der Waals surface area contributed by atoms with Gasteiger partial charge >= 0.3 is 6.03 Å². The Labute approximate surface area is 168 Å². The zero-order chi connectivity index (χ0) is 20.3. The quantitative estimate of drug-likeness (QED) is 0.683. The third-order valence-electron chi connectivity index (χ3n) is 4.18. The van der Waals surface area contributed by atoms with Crippen LogP contribution in [-0.4, -0.2) is 32.3 Å². The Hall–Kier alpha value is -2.36. The number of ether oxygens (including phenoxy) is 1. The molecule has 3 N–H and O–H groups in total. The topological polar surface area (TPSA) is 109 Å². The fraction of sp³-hybridized carbons (Fsp3) is 0.333. The van der Waals surface area contributed by atoms with Gasteiger partial charge in [-0.05, 0) is 25.1 Å². The number of aromatic nitrogens is 1. The minimum absolute atomic E-state index is 0.239. The van der Waals surface area contributed by atoms with Crippen LogP contribution >= 0.6 is 11.6 Å². The minimum Gasteiger partial charge on any atom is -0.492 e. The highest BCUT2D eigenvalue weighted by molar-refractivity contribution is 7.88. The van der Waals surface area contributed by atoms with Crippen molar-refractivity contribution in [2.24, 2.45) is 0 Å². The smallest absolute Gasteiger partial charge is 0.320 e. The molecule has 0 bridgehead atoms. The molecule has 0 radical (unpaired) electrons. The van der Waals surface area contributed by atoms with Gasteiger partial charge in [-0.3, -0.25) is 5.32 Å². The van der Waals surface area contributed by atoms with Crippen molar-refractivity contribution in [3.05, 3.63) is 52.7 Å². The number of hydrogen-bond donors (Lipinski definition) is 3. The summed E-state index contributed by atoms with van der Waals surface area (Å²) in [5.74, 6) is 0.900. The van der Waals surface area contributed by atoms with E-state index in [-0.39, 0.29) is 6.04 Å².